The SMILES string of the molecule is CC1(c2ccccc2)CN(C2CCC(n3c(=O)[nH]c4cnccc43)CC2)C(=O)O1. The molecule has 3 heterocycles. The van der Waals surface area contributed by atoms with Crippen LogP contribution >= 0.6 is 0 Å². The van der Waals surface area contributed by atoms with Crippen LogP contribution in [0.3, 0.4) is 0 Å². The van der Waals surface area contributed by atoms with Gasteiger partial charge in [0, 0.05) is 18.3 Å². The Morgan fingerprint density at radius 3 is 2.55 bits per heavy atom. The van der Waals surface area contributed by atoms with E-state index in [1.807, 2.05) is 52.8 Å². The Hall–Kier alpha value is -3.09. The highest BCUT2D eigenvalue weighted by Crippen LogP contribution is 2.38. The molecule has 1 unspecified atom stereocenters. The maximum atomic E-state index is 12.6. The van der Waals surface area contributed by atoms with Gasteiger partial charge in [-0.3, -0.25) is 9.55 Å². The first-order valence-electron chi connectivity index (χ1n) is 10.1. The van der Waals surface area contributed by atoms with Gasteiger partial charge in [-0.2, -0.15) is 0 Å². The standard InChI is InChI=1S/C22H24N4O3/c1-22(15-5-3-2-4-6-15)14-25(21(28)29-22)16-7-9-17(10-8-16)26-19-11-12-23-13-18(19)24-20(26)27/h2-6,11-13,16-17H,7-10,14H2,1H3,(H,24,27). The number of carbonyl (C=O) groups is 1. The summed E-state index contributed by atoms with van der Waals surface area (Å²) in [7, 11) is 0. The molecule has 7 heteroatoms. The molecule has 5 rings (SSSR count). The van der Waals surface area contributed by atoms with Gasteiger partial charge in [0.1, 0.15) is 0 Å². The van der Waals surface area contributed by atoms with E-state index in [9.17, 15) is 9.59 Å². The first kappa shape index (κ1) is 18.0. The van der Waals surface area contributed by atoms with E-state index in [1.165, 1.54) is 0 Å². The fourth-order valence-electron chi connectivity index (χ4n) is 4.86. The lowest BCUT2D eigenvalue weighted by molar-refractivity contribution is 0.0696. The number of rotatable bonds is 3. The van der Waals surface area contributed by atoms with Crippen LogP contribution in [0.4, 0.5) is 4.79 Å². The van der Waals surface area contributed by atoms with Crippen LogP contribution in [0.2, 0.25) is 0 Å². The Labute approximate surface area is 168 Å². The fourth-order valence-corrected chi connectivity index (χ4v) is 4.86. The van der Waals surface area contributed by atoms with E-state index in [-0.39, 0.29) is 23.9 Å². The maximum absolute atomic E-state index is 12.6. The van der Waals surface area contributed by atoms with Crippen LogP contribution in [-0.4, -0.2) is 38.1 Å². The van der Waals surface area contributed by atoms with Crippen LogP contribution in [0.1, 0.15) is 44.2 Å². The van der Waals surface area contributed by atoms with Crippen molar-refractivity contribution >= 4 is 17.1 Å². The van der Waals surface area contributed by atoms with Gasteiger partial charge in [0.2, 0.25) is 0 Å². The van der Waals surface area contributed by atoms with E-state index in [4.69, 9.17) is 4.74 Å². The number of carbonyl (C=O) groups excluding carboxylic acids is 1. The number of ether oxygens (including phenoxy) is 1. The number of aromatic amines is 1. The fraction of sp³-hybridized carbons (Fsp3) is 0.409. The molecular formula is C22H24N4O3. The van der Waals surface area contributed by atoms with E-state index in [2.05, 4.69) is 9.97 Å². The number of H-pyrrole nitrogens is 1. The number of hydrogen-bond donors (Lipinski definition) is 1. The number of aromatic nitrogens is 3. The van der Waals surface area contributed by atoms with Crippen molar-refractivity contribution in [2.24, 2.45) is 0 Å². The van der Waals surface area contributed by atoms with E-state index >= 15 is 0 Å². The predicted octanol–water partition coefficient (Wildman–Crippen LogP) is 3.58. The molecule has 3 aromatic rings. The highest BCUT2D eigenvalue weighted by Gasteiger charge is 2.46. The summed E-state index contributed by atoms with van der Waals surface area (Å²) in [6, 6.07) is 12.1. The smallest absolute Gasteiger partial charge is 0.411 e. The lowest BCUT2D eigenvalue weighted by Crippen LogP contribution is -2.41. The average molecular weight is 392 g/mol. The molecular weight excluding hydrogens is 368 g/mol. The predicted molar refractivity (Wildman–Crippen MR) is 109 cm³/mol. The minimum Gasteiger partial charge on any atom is -0.436 e. The molecule has 1 aromatic carbocycles. The molecule has 1 saturated carbocycles. The van der Waals surface area contributed by atoms with Gasteiger partial charge in [-0.1, -0.05) is 30.3 Å². The van der Waals surface area contributed by atoms with E-state index in [0.717, 1.165) is 42.3 Å². The zero-order chi connectivity index (χ0) is 20.0. The van der Waals surface area contributed by atoms with Gasteiger partial charge in [0.25, 0.3) is 0 Å². The Kier molecular flexibility index (Phi) is 4.19. The van der Waals surface area contributed by atoms with Gasteiger partial charge in [-0.05, 0) is 44.2 Å². The maximum Gasteiger partial charge on any atom is 0.411 e. The van der Waals surface area contributed by atoms with Crippen molar-refractivity contribution in [1.82, 2.24) is 19.4 Å². The normalized spacial score (nSPS) is 27.3. The molecule has 7 nitrogen and oxygen atoms in total. The number of nitrogens with zero attached hydrogens (tertiary/aromatic N) is 3. The number of nitrogens with one attached hydrogen (secondary N) is 1. The summed E-state index contributed by atoms with van der Waals surface area (Å²) in [5.74, 6) is 0. The number of hydrogen-bond acceptors (Lipinski definition) is 4. The molecule has 1 atom stereocenters. The van der Waals surface area contributed by atoms with Gasteiger partial charge in [0.15, 0.2) is 5.60 Å². The summed E-state index contributed by atoms with van der Waals surface area (Å²) >= 11 is 0. The quantitative estimate of drug-likeness (QED) is 0.739. The highest BCUT2D eigenvalue weighted by molar-refractivity contribution is 5.74. The molecule has 1 saturated heterocycles. The minimum absolute atomic E-state index is 0.0892. The van der Waals surface area contributed by atoms with Crippen molar-refractivity contribution in [2.75, 3.05) is 6.54 Å². The number of imidazole rings is 1. The molecule has 1 aliphatic heterocycles. The third kappa shape index (κ3) is 3.01. The van der Waals surface area contributed by atoms with Crippen molar-refractivity contribution in [3.05, 3.63) is 64.8 Å². The average Bonchev–Trinajstić information content (AvgIpc) is 3.25. The van der Waals surface area contributed by atoms with Crippen LogP contribution in [0.5, 0.6) is 0 Å². The zero-order valence-electron chi connectivity index (χ0n) is 16.4. The Bertz CT molecular complexity index is 1100. The number of cyclic esters (lactones) is 1. The van der Waals surface area contributed by atoms with Crippen molar-refractivity contribution in [3.8, 4) is 0 Å². The van der Waals surface area contributed by atoms with Crippen LogP contribution < -0.4 is 5.69 Å². The van der Waals surface area contributed by atoms with Crippen molar-refractivity contribution < 1.29 is 9.53 Å². The molecule has 1 amide bonds. The summed E-state index contributed by atoms with van der Waals surface area (Å²) in [4.78, 5) is 34.0. The second-order valence-electron chi connectivity index (χ2n) is 8.25. The first-order valence-corrected chi connectivity index (χ1v) is 10.1. The topological polar surface area (TPSA) is 80.2 Å². The number of amides is 1. The lowest BCUT2D eigenvalue weighted by Gasteiger charge is -2.34. The molecule has 150 valence electrons. The van der Waals surface area contributed by atoms with Gasteiger partial charge in [-0.15, -0.1) is 0 Å². The third-order valence-electron chi connectivity index (χ3n) is 6.39. The van der Waals surface area contributed by atoms with Crippen molar-refractivity contribution in [3.63, 3.8) is 0 Å². The van der Waals surface area contributed by atoms with Crippen molar-refractivity contribution in [1.29, 1.82) is 0 Å². The Balaban J connectivity index is 1.31. The van der Waals surface area contributed by atoms with Crippen LogP contribution in [0.15, 0.2) is 53.6 Å². The number of benzene rings is 1. The molecule has 0 radical (unpaired) electrons. The summed E-state index contributed by atoms with van der Waals surface area (Å²) < 4.78 is 7.65. The monoisotopic (exact) mass is 392 g/mol. The van der Waals surface area contributed by atoms with Crippen LogP contribution in [0, 0.1) is 0 Å². The molecule has 2 aliphatic rings. The second kappa shape index (κ2) is 6.76. The van der Waals surface area contributed by atoms with Crippen LogP contribution in [-0.2, 0) is 10.3 Å². The highest BCUT2D eigenvalue weighted by atomic mass is 16.6. The Morgan fingerprint density at radius 1 is 1.07 bits per heavy atom. The molecule has 2 aromatic heterocycles. The summed E-state index contributed by atoms with van der Waals surface area (Å²) in [6.45, 7) is 2.54. The van der Waals surface area contributed by atoms with Gasteiger partial charge < -0.3 is 14.6 Å². The van der Waals surface area contributed by atoms with Gasteiger partial charge in [0.05, 0.1) is 23.8 Å². The summed E-state index contributed by atoms with van der Waals surface area (Å²) in [5.41, 5.74) is 1.97. The largest absolute Gasteiger partial charge is 0.436 e. The van der Waals surface area contributed by atoms with E-state index in [1.54, 1.807) is 12.4 Å². The summed E-state index contributed by atoms with van der Waals surface area (Å²) in [5, 5.41) is 0. The Morgan fingerprint density at radius 2 is 1.79 bits per heavy atom. The first-order chi connectivity index (χ1) is 14.0. The van der Waals surface area contributed by atoms with E-state index < -0.39 is 5.60 Å². The van der Waals surface area contributed by atoms with E-state index in [0.29, 0.717) is 6.54 Å². The molecule has 0 bridgehead atoms. The summed E-state index contributed by atoms with van der Waals surface area (Å²) in [6.07, 6.45) is 6.57. The second-order valence-corrected chi connectivity index (χ2v) is 8.25. The number of fused-ring (bicyclic) bond motifs is 1. The van der Waals surface area contributed by atoms with Crippen molar-refractivity contribution in [2.45, 2.75) is 50.3 Å². The van der Waals surface area contributed by atoms with Crippen LogP contribution in [0.25, 0.3) is 11.0 Å². The molecule has 1 N–H and O–H groups in total. The molecule has 29 heavy (non-hydrogen) atoms. The number of pyridine rings is 1. The molecule has 1 aliphatic carbocycles. The third-order valence-corrected chi connectivity index (χ3v) is 6.39. The van der Waals surface area contributed by atoms with Gasteiger partial charge in [-0.25, -0.2) is 9.59 Å². The lowest BCUT2D eigenvalue weighted by atomic mass is 9.89. The van der Waals surface area contributed by atoms with Gasteiger partial charge >= 0.3 is 11.8 Å². The zero-order valence-corrected chi connectivity index (χ0v) is 16.4. The molecule has 0 spiro atoms. The molecule has 2 fully saturated rings. The minimum atomic E-state index is -0.615.